The van der Waals surface area contributed by atoms with E-state index in [9.17, 15) is 18.0 Å². The molecule has 19 heavy (non-hydrogen) atoms. The molecule has 3 nitrogen and oxygen atoms in total. The van der Waals surface area contributed by atoms with E-state index >= 15 is 0 Å². The highest BCUT2D eigenvalue weighted by Gasteiger charge is 2.35. The maximum Gasteiger partial charge on any atom is 0.434 e. The highest BCUT2D eigenvalue weighted by molar-refractivity contribution is 7.09. The second-order valence-electron chi connectivity index (χ2n) is 4.37. The Kier molecular flexibility index (Phi) is 3.93. The van der Waals surface area contributed by atoms with E-state index in [1.165, 1.54) is 6.08 Å². The van der Waals surface area contributed by atoms with E-state index in [4.69, 9.17) is 0 Å². The summed E-state index contributed by atoms with van der Waals surface area (Å²) >= 11 is 1.04. The van der Waals surface area contributed by atoms with Gasteiger partial charge in [-0.25, -0.2) is 4.98 Å². The molecule has 1 amide bonds. The van der Waals surface area contributed by atoms with Gasteiger partial charge in [0.05, 0.1) is 5.01 Å². The molecule has 0 spiro atoms. The summed E-state index contributed by atoms with van der Waals surface area (Å²) in [5.41, 5.74) is -0.822. The van der Waals surface area contributed by atoms with Gasteiger partial charge in [-0.15, -0.1) is 11.3 Å². The van der Waals surface area contributed by atoms with Gasteiger partial charge in [-0.1, -0.05) is 6.58 Å². The maximum atomic E-state index is 12.5. The lowest BCUT2D eigenvalue weighted by atomic mass is 9.97. The molecule has 7 heteroatoms. The molecule has 0 unspecified atom stereocenters. The number of hydrogen-bond acceptors (Lipinski definition) is 3. The number of amides is 1. The molecule has 0 radical (unpaired) electrons. The lowest BCUT2D eigenvalue weighted by Crippen LogP contribution is -2.36. The van der Waals surface area contributed by atoms with Crippen LogP contribution in [0.25, 0.3) is 0 Å². The van der Waals surface area contributed by atoms with Crippen molar-refractivity contribution in [1.82, 2.24) is 9.88 Å². The summed E-state index contributed by atoms with van der Waals surface area (Å²) in [6, 6.07) is 0. The van der Waals surface area contributed by atoms with Crippen LogP contribution in [-0.4, -0.2) is 28.9 Å². The fourth-order valence-corrected chi connectivity index (χ4v) is 3.08. The standard InChI is InChI=1S/C12H13F3N2OS/c1-2-10(18)17-5-3-8(4-6-17)11-16-9(7-19-11)12(13,14)15/h2,7-8H,1,3-6H2. The van der Waals surface area contributed by atoms with Crippen molar-refractivity contribution < 1.29 is 18.0 Å². The van der Waals surface area contributed by atoms with Crippen LogP contribution in [0.3, 0.4) is 0 Å². The Bertz CT molecular complexity index is 476. The van der Waals surface area contributed by atoms with Crippen LogP contribution in [0.1, 0.15) is 29.5 Å². The van der Waals surface area contributed by atoms with Crippen molar-refractivity contribution in [3.8, 4) is 0 Å². The van der Waals surface area contributed by atoms with Crippen molar-refractivity contribution in [2.75, 3.05) is 13.1 Å². The van der Waals surface area contributed by atoms with Gasteiger partial charge in [-0.2, -0.15) is 13.2 Å². The van der Waals surface area contributed by atoms with E-state index < -0.39 is 11.9 Å². The fraction of sp³-hybridized carbons (Fsp3) is 0.500. The third-order valence-corrected chi connectivity index (χ3v) is 4.15. The van der Waals surface area contributed by atoms with Crippen molar-refractivity contribution in [2.24, 2.45) is 0 Å². The van der Waals surface area contributed by atoms with Gasteiger partial charge in [-0.3, -0.25) is 4.79 Å². The van der Waals surface area contributed by atoms with Crippen LogP contribution in [0.4, 0.5) is 13.2 Å². The first kappa shape index (κ1) is 14.0. The molecule has 1 aliphatic heterocycles. The lowest BCUT2D eigenvalue weighted by molar-refractivity contribution is -0.140. The molecule has 1 aromatic rings. The van der Waals surface area contributed by atoms with Crippen molar-refractivity contribution in [3.63, 3.8) is 0 Å². The molecule has 1 fully saturated rings. The van der Waals surface area contributed by atoms with E-state index in [1.807, 2.05) is 0 Å². The van der Waals surface area contributed by atoms with Gasteiger partial charge in [-0.05, 0) is 18.9 Å². The normalized spacial score (nSPS) is 17.5. The molecule has 0 aromatic carbocycles. The van der Waals surface area contributed by atoms with Gasteiger partial charge in [0.15, 0.2) is 5.69 Å². The summed E-state index contributed by atoms with van der Waals surface area (Å²) < 4.78 is 37.4. The average molecular weight is 290 g/mol. The van der Waals surface area contributed by atoms with Crippen LogP contribution in [0.5, 0.6) is 0 Å². The van der Waals surface area contributed by atoms with Crippen LogP contribution in [0.2, 0.25) is 0 Å². The zero-order chi connectivity index (χ0) is 14.0. The predicted molar refractivity (Wildman–Crippen MR) is 65.9 cm³/mol. The Morgan fingerprint density at radius 2 is 2.11 bits per heavy atom. The molecule has 0 atom stereocenters. The molecule has 2 rings (SSSR count). The first-order valence-corrected chi connectivity index (χ1v) is 6.73. The molecule has 0 saturated carbocycles. The molecule has 1 aromatic heterocycles. The number of rotatable bonds is 2. The molecule has 0 aliphatic carbocycles. The van der Waals surface area contributed by atoms with Crippen molar-refractivity contribution in [2.45, 2.75) is 24.9 Å². The molecule has 1 saturated heterocycles. The molecule has 0 bridgehead atoms. The Morgan fingerprint density at radius 1 is 1.47 bits per heavy atom. The molecular weight excluding hydrogens is 277 g/mol. The SMILES string of the molecule is C=CC(=O)N1CCC(c2nc(C(F)(F)F)cs2)CC1. The first-order chi connectivity index (χ1) is 8.91. The molecule has 1 aliphatic rings. The lowest BCUT2D eigenvalue weighted by Gasteiger charge is -2.30. The van der Waals surface area contributed by atoms with E-state index in [1.54, 1.807) is 4.90 Å². The Morgan fingerprint density at radius 3 is 2.58 bits per heavy atom. The van der Waals surface area contributed by atoms with Crippen molar-refractivity contribution >= 4 is 17.2 Å². The molecule has 104 valence electrons. The summed E-state index contributed by atoms with van der Waals surface area (Å²) in [5, 5.41) is 1.56. The topological polar surface area (TPSA) is 33.2 Å². The van der Waals surface area contributed by atoms with Gasteiger partial charge in [0.25, 0.3) is 0 Å². The number of hydrogen-bond donors (Lipinski definition) is 0. The third kappa shape index (κ3) is 3.15. The average Bonchev–Trinajstić information content (AvgIpc) is 2.87. The number of piperidine rings is 1. The van der Waals surface area contributed by atoms with E-state index in [0.717, 1.165) is 16.7 Å². The van der Waals surface area contributed by atoms with Gasteiger partial charge in [0, 0.05) is 24.4 Å². The zero-order valence-corrected chi connectivity index (χ0v) is 10.9. The number of carbonyl (C=O) groups is 1. The second kappa shape index (κ2) is 5.32. The van der Waals surface area contributed by atoms with Gasteiger partial charge in [0.1, 0.15) is 0 Å². The van der Waals surface area contributed by atoms with E-state index in [0.29, 0.717) is 30.9 Å². The fourth-order valence-electron chi connectivity index (χ4n) is 2.08. The van der Waals surface area contributed by atoms with Gasteiger partial charge >= 0.3 is 6.18 Å². The minimum atomic E-state index is -4.38. The minimum Gasteiger partial charge on any atom is -0.339 e. The Balaban J connectivity index is 2.00. The van der Waals surface area contributed by atoms with Crippen LogP contribution in [0.15, 0.2) is 18.0 Å². The first-order valence-electron chi connectivity index (χ1n) is 5.85. The van der Waals surface area contributed by atoms with Crippen LogP contribution >= 0.6 is 11.3 Å². The summed E-state index contributed by atoms with van der Waals surface area (Å²) in [6.45, 7) is 4.49. The van der Waals surface area contributed by atoms with Crippen molar-refractivity contribution in [3.05, 3.63) is 28.7 Å². The second-order valence-corrected chi connectivity index (χ2v) is 5.26. The largest absolute Gasteiger partial charge is 0.434 e. The number of aromatic nitrogens is 1. The monoisotopic (exact) mass is 290 g/mol. The minimum absolute atomic E-state index is 0.00923. The number of carbonyl (C=O) groups excluding carboxylic acids is 1. The van der Waals surface area contributed by atoms with Gasteiger partial charge < -0.3 is 4.90 Å². The summed E-state index contributed by atoms with van der Waals surface area (Å²) in [5.74, 6) is -0.122. The summed E-state index contributed by atoms with van der Waals surface area (Å²) in [7, 11) is 0. The third-order valence-electron chi connectivity index (χ3n) is 3.14. The number of alkyl halides is 3. The number of halogens is 3. The van der Waals surface area contributed by atoms with E-state index in [2.05, 4.69) is 11.6 Å². The zero-order valence-electron chi connectivity index (χ0n) is 10.1. The van der Waals surface area contributed by atoms with Gasteiger partial charge in [0.2, 0.25) is 5.91 Å². The van der Waals surface area contributed by atoms with Crippen LogP contribution in [-0.2, 0) is 11.0 Å². The molecule has 0 N–H and O–H groups in total. The highest BCUT2D eigenvalue weighted by Crippen LogP contribution is 2.35. The smallest absolute Gasteiger partial charge is 0.339 e. The van der Waals surface area contributed by atoms with Crippen LogP contribution < -0.4 is 0 Å². The molecule has 2 heterocycles. The molecular formula is C12H13F3N2OS. The Labute approximate surface area is 112 Å². The maximum absolute atomic E-state index is 12.5. The summed E-state index contributed by atoms with van der Waals surface area (Å²) in [4.78, 5) is 16.7. The number of nitrogens with zero attached hydrogens (tertiary/aromatic N) is 2. The van der Waals surface area contributed by atoms with Crippen molar-refractivity contribution in [1.29, 1.82) is 0 Å². The summed E-state index contributed by atoms with van der Waals surface area (Å²) in [6.07, 6.45) is -1.84. The number of thiazole rings is 1. The quantitative estimate of drug-likeness (QED) is 0.784. The Hall–Kier alpha value is -1.37. The van der Waals surface area contributed by atoms with E-state index in [-0.39, 0.29) is 11.8 Å². The highest BCUT2D eigenvalue weighted by atomic mass is 32.1. The van der Waals surface area contributed by atoms with Crippen LogP contribution in [0, 0.1) is 0 Å². The predicted octanol–water partition coefficient (Wildman–Crippen LogP) is 3.05. The number of likely N-dealkylation sites (tertiary alicyclic amines) is 1.